The van der Waals surface area contributed by atoms with E-state index < -0.39 is 5.91 Å². The molecule has 0 bridgehead atoms. The number of primary amides is 1. The highest BCUT2D eigenvalue weighted by Gasteiger charge is 2.05. The molecule has 76 valence electrons. The second-order valence-corrected chi connectivity index (χ2v) is 3.23. The number of hydrogen-bond donors (Lipinski definition) is 1. The molecule has 0 saturated heterocycles. The van der Waals surface area contributed by atoms with Gasteiger partial charge in [0.1, 0.15) is 12.7 Å². The van der Waals surface area contributed by atoms with Crippen molar-refractivity contribution < 1.29 is 4.79 Å². The normalized spacial score (nSPS) is 10.2. The van der Waals surface area contributed by atoms with Crippen LogP contribution >= 0.6 is 0 Å². The minimum Gasteiger partial charge on any atom is -0.366 e. The molecule has 0 aliphatic heterocycles. The summed E-state index contributed by atoms with van der Waals surface area (Å²) in [6.07, 6.45) is 3.21. The van der Waals surface area contributed by atoms with Gasteiger partial charge in [0.05, 0.1) is 5.69 Å². The van der Waals surface area contributed by atoms with Crippen LogP contribution in [0.1, 0.15) is 15.9 Å². The van der Waals surface area contributed by atoms with Crippen molar-refractivity contribution in [3.05, 3.63) is 42.0 Å². The topological polar surface area (TPSA) is 73.8 Å². The van der Waals surface area contributed by atoms with Gasteiger partial charge in [-0.05, 0) is 30.7 Å². The van der Waals surface area contributed by atoms with E-state index in [1.54, 1.807) is 29.4 Å². The van der Waals surface area contributed by atoms with Gasteiger partial charge in [0.15, 0.2) is 0 Å². The Balaban J connectivity index is 2.48. The van der Waals surface area contributed by atoms with Crippen molar-refractivity contribution in [2.24, 2.45) is 5.73 Å². The van der Waals surface area contributed by atoms with Gasteiger partial charge in [0.2, 0.25) is 5.91 Å². The molecule has 0 spiro atoms. The highest BCUT2D eigenvalue weighted by atomic mass is 16.1. The molecule has 5 nitrogen and oxygen atoms in total. The Morgan fingerprint density at radius 2 is 2.00 bits per heavy atom. The highest BCUT2D eigenvalue weighted by molar-refractivity contribution is 5.93. The molecular formula is C10H10N4O. The van der Waals surface area contributed by atoms with Crippen LogP contribution < -0.4 is 5.73 Å². The summed E-state index contributed by atoms with van der Waals surface area (Å²) in [5.74, 6) is -0.423. The maximum atomic E-state index is 10.9. The quantitative estimate of drug-likeness (QED) is 0.778. The van der Waals surface area contributed by atoms with Crippen LogP contribution in [0.2, 0.25) is 0 Å². The maximum absolute atomic E-state index is 10.9. The molecule has 2 N–H and O–H groups in total. The minimum atomic E-state index is -0.423. The molecule has 15 heavy (non-hydrogen) atoms. The Hall–Kier alpha value is -2.17. The third-order valence-electron chi connectivity index (χ3n) is 2.18. The molecule has 0 aliphatic carbocycles. The van der Waals surface area contributed by atoms with Gasteiger partial charge >= 0.3 is 0 Å². The molecule has 0 aliphatic rings. The van der Waals surface area contributed by atoms with Gasteiger partial charge in [-0.2, -0.15) is 0 Å². The third-order valence-corrected chi connectivity index (χ3v) is 2.18. The first-order valence-electron chi connectivity index (χ1n) is 4.44. The fourth-order valence-electron chi connectivity index (χ4n) is 1.42. The number of benzene rings is 1. The van der Waals surface area contributed by atoms with Gasteiger partial charge < -0.3 is 5.73 Å². The van der Waals surface area contributed by atoms with Crippen LogP contribution in [0.15, 0.2) is 30.9 Å². The molecule has 0 atom stereocenters. The maximum Gasteiger partial charge on any atom is 0.248 e. The van der Waals surface area contributed by atoms with E-state index in [-0.39, 0.29) is 0 Å². The first kappa shape index (κ1) is 9.39. The largest absolute Gasteiger partial charge is 0.366 e. The van der Waals surface area contributed by atoms with Crippen molar-refractivity contribution in [3.8, 4) is 5.69 Å². The summed E-state index contributed by atoms with van der Waals surface area (Å²) in [5, 5.41) is 7.44. The fraction of sp³-hybridized carbons (Fsp3) is 0.100. The summed E-state index contributed by atoms with van der Waals surface area (Å²) in [7, 11) is 0. The van der Waals surface area contributed by atoms with E-state index in [4.69, 9.17) is 5.73 Å². The Bertz CT molecular complexity index is 490. The Kier molecular flexibility index (Phi) is 2.21. The lowest BCUT2D eigenvalue weighted by Gasteiger charge is -2.06. The van der Waals surface area contributed by atoms with E-state index in [2.05, 4.69) is 10.2 Å². The number of carbonyl (C=O) groups is 1. The van der Waals surface area contributed by atoms with Crippen molar-refractivity contribution in [1.82, 2.24) is 14.8 Å². The van der Waals surface area contributed by atoms with Crippen LogP contribution in [-0.2, 0) is 0 Å². The summed E-state index contributed by atoms with van der Waals surface area (Å²) in [5.41, 5.74) is 7.57. The van der Waals surface area contributed by atoms with E-state index >= 15 is 0 Å². The predicted octanol–water partition coefficient (Wildman–Crippen LogP) is 0.675. The summed E-state index contributed by atoms with van der Waals surface area (Å²) in [4.78, 5) is 10.9. The lowest BCUT2D eigenvalue weighted by atomic mass is 10.1. The number of rotatable bonds is 2. The van der Waals surface area contributed by atoms with E-state index in [1.165, 1.54) is 0 Å². The zero-order valence-electron chi connectivity index (χ0n) is 8.21. The average molecular weight is 202 g/mol. The summed E-state index contributed by atoms with van der Waals surface area (Å²) in [6.45, 7) is 1.90. The predicted molar refractivity (Wildman–Crippen MR) is 54.6 cm³/mol. The van der Waals surface area contributed by atoms with Gasteiger partial charge in [-0.3, -0.25) is 9.36 Å². The Labute approximate surface area is 86.5 Å². The van der Waals surface area contributed by atoms with Crippen LogP contribution in [0, 0.1) is 6.92 Å². The zero-order chi connectivity index (χ0) is 10.8. The monoisotopic (exact) mass is 202 g/mol. The van der Waals surface area contributed by atoms with Gasteiger partial charge in [-0.1, -0.05) is 0 Å². The molecule has 0 unspecified atom stereocenters. The number of hydrogen-bond acceptors (Lipinski definition) is 3. The van der Waals surface area contributed by atoms with Gasteiger partial charge in [0.25, 0.3) is 0 Å². The molecule has 0 radical (unpaired) electrons. The first-order valence-corrected chi connectivity index (χ1v) is 4.44. The molecule has 1 aromatic heterocycles. The molecule has 1 aromatic carbocycles. The number of amides is 1. The Morgan fingerprint density at radius 1 is 1.33 bits per heavy atom. The van der Waals surface area contributed by atoms with E-state index in [0.29, 0.717) is 5.56 Å². The number of aromatic nitrogens is 3. The van der Waals surface area contributed by atoms with Crippen LogP contribution in [-0.4, -0.2) is 20.7 Å². The average Bonchev–Trinajstić information content (AvgIpc) is 2.70. The third kappa shape index (κ3) is 1.71. The fourth-order valence-corrected chi connectivity index (χ4v) is 1.42. The van der Waals surface area contributed by atoms with Crippen molar-refractivity contribution in [1.29, 1.82) is 0 Å². The lowest BCUT2D eigenvalue weighted by molar-refractivity contribution is 0.1000. The molecule has 5 heteroatoms. The van der Waals surface area contributed by atoms with E-state index in [0.717, 1.165) is 11.3 Å². The standard InChI is InChI=1S/C10H10N4O/c1-7-4-8(10(11)15)2-3-9(7)14-5-12-13-6-14/h2-6H,1H3,(H2,11,15). The van der Waals surface area contributed by atoms with Crippen LogP contribution in [0.4, 0.5) is 0 Å². The summed E-state index contributed by atoms with van der Waals surface area (Å²) in [6, 6.07) is 5.25. The molecule has 2 rings (SSSR count). The zero-order valence-corrected chi connectivity index (χ0v) is 8.21. The van der Waals surface area contributed by atoms with Gasteiger partial charge in [-0.25, -0.2) is 0 Å². The lowest BCUT2D eigenvalue weighted by Crippen LogP contribution is -2.11. The number of nitrogens with zero attached hydrogens (tertiary/aromatic N) is 3. The highest BCUT2D eigenvalue weighted by Crippen LogP contribution is 2.14. The smallest absolute Gasteiger partial charge is 0.248 e. The van der Waals surface area contributed by atoms with Crippen molar-refractivity contribution in [3.63, 3.8) is 0 Å². The molecule has 0 saturated carbocycles. The number of carbonyl (C=O) groups excluding carboxylic acids is 1. The van der Waals surface area contributed by atoms with Gasteiger partial charge in [0, 0.05) is 5.56 Å². The van der Waals surface area contributed by atoms with Crippen molar-refractivity contribution in [2.75, 3.05) is 0 Å². The number of aryl methyl sites for hydroxylation is 1. The summed E-state index contributed by atoms with van der Waals surface area (Å²) < 4.78 is 1.78. The van der Waals surface area contributed by atoms with Crippen molar-refractivity contribution in [2.45, 2.75) is 6.92 Å². The second-order valence-electron chi connectivity index (χ2n) is 3.23. The molecule has 1 heterocycles. The molecule has 1 amide bonds. The van der Waals surface area contributed by atoms with Crippen LogP contribution in [0.25, 0.3) is 5.69 Å². The van der Waals surface area contributed by atoms with Crippen LogP contribution in [0.3, 0.4) is 0 Å². The molecular weight excluding hydrogens is 192 g/mol. The van der Waals surface area contributed by atoms with Crippen molar-refractivity contribution >= 4 is 5.91 Å². The Morgan fingerprint density at radius 3 is 2.53 bits per heavy atom. The SMILES string of the molecule is Cc1cc(C(N)=O)ccc1-n1cnnc1. The molecule has 0 fully saturated rings. The second kappa shape index (κ2) is 3.53. The van der Waals surface area contributed by atoms with E-state index in [9.17, 15) is 4.79 Å². The minimum absolute atomic E-state index is 0.423. The molecule has 2 aromatic rings. The summed E-state index contributed by atoms with van der Waals surface area (Å²) >= 11 is 0. The van der Waals surface area contributed by atoms with Crippen LogP contribution in [0.5, 0.6) is 0 Å². The number of nitrogens with two attached hydrogens (primary N) is 1. The van der Waals surface area contributed by atoms with Gasteiger partial charge in [-0.15, -0.1) is 10.2 Å². The first-order chi connectivity index (χ1) is 7.18. The van der Waals surface area contributed by atoms with E-state index in [1.807, 2.05) is 13.0 Å².